The van der Waals surface area contributed by atoms with E-state index in [1.807, 2.05) is 11.8 Å². The smallest absolute Gasteiger partial charge is 0.0341 e. The minimum atomic E-state index is 0.998. The second kappa shape index (κ2) is 7.61. The predicted octanol–water partition coefficient (Wildman–Crippen LogP) is 5.10. The quantitative estimate of drug-likeness (QED) is 0.736. The Morgan fingerprint density at radius 1 is 1.05 bits per heavy atom. The molecule has 19 heavy (non-hydrogen) atoms. The summed E-state index contributed by atoms with van der Waals surface area (Å²) in [6, 6.07) is 16.9. The molecule has 1 N–H and O–H groups in total. The summed E-state index contributed by atoms with van der Waals surface area (Å²) in [5, 5.41) is 3.43. The lowest BCUT2D eigenvalue weighted by Gasteiger charge is -2.07. The second-order valence-electron chi connectivity index (χ2n) is 4.41. The van der Waals surface area contributed by atoms with Gasteiger partial charge in [-0.3, -0.25) is 0 Å². The minimum absolute atomic E-state index is 0.998. The molecular weight excluding hydrogens is 318 g/mol. The normalized spacial score (nSPS) is 10.4. The van der Waals surface area contributed by atoms with E-state index in [9.17, 15) is 0 Å². The van der Waals surface area contributed by atoms with E-state index in [4.69, 9.17) is 0 Å². The van der Waals surface area contributed by atoms with E-state index in [-0.39, 0.29) is 0 Å². The SMILES string of the molecule is Cc1ccccc1CSCCNc1ccc(Br)cc1. The highest BCUT2D eigenvalue weighted by Gasteiger charge is 1.97. The van der Waals surface area contributed by atoms with E-state index in [0.717, 1.165) is 22.5 Å². The summed E-state index contributed by atoms with van der Waals surface area (Å²) in [5.74, 6) is 2.21. The van der Waals surface area contributed by atoms with Gasteiger partial charge in [0.05, 0.1) is 0 Å². The zero-order valence-electron chi connectivity index (χ0n) is 11.0. The molecule has 0 bridgehead atoms. The maximum Gasteiger partial charge on any atom is 0.0341 e. The molecule has 0 saturated heterocycles. The summed E-state index contributed by atoms with van der Waals surface area (Å²) in [7, 11) is 0. The number of benzene rings is 2. The molecule has 0 aromatic heterocycles. The zero-order valence-corrected chi connectivity index (χ0v) is 13.4. The molecular formula is C16H18BrNS. The van der Waals surface area contributed by atoms with Crippen LogP contribution in [0.25, 0.3) is 0 Å². The van der Waals surface area contributed by atoms with Crippen LogP contribution in [0, 0.1) is 6.92 Å². The Hall–Kier alpha value is -0.930. The maximum atomic E-state index is 3.44. The molecule has 0 fully saturated rings. The Kier molecular flexibility index (Phi) is 5.80. The number of rotatable bonds is 6. The van der Waals surface area contributed by atoms with Crippen molar-refractivity contribution in [3.8, 4) is 0 Å². The van der Waals surface area contributed by atoms with Gasteiger partial charge in [0.25, 0.3) is 0 Å². The summed E-state index contributed by atoms with van der Waals surface area (Å²) < 4.78 is 1.12. The van der Waals surface area contributed by atoms with Crippen molar-refractivity contribution in [3.63, 3.8) is 0 Å². The number of hydrogen-bond acceptors (Lipinski definition) is 2. The zero-order chi connectivity index (χ0) is 13.5. The first-order chi connectivity index (χ1) is 9.25. The van der Waals surface area contributed by atoms with Crippen molar-refractivity contribution < 1.29 is 0 Å². The van der Waals surface area contributed by atoms with Gasteiger partial charge in [-0.05, 0) is 42.3 Å². The number of halogens is 1. The number of aryl methyl sites for hydroxylation is 1. The average molecular weight is 336 g/mol. The lowest BCUT2D eigenvalue weighted by molar-refractivity contribution is 1.22. The first-order valence-corrected chi connectivity index (χ1v) is 8.32. The van der Waals surface area contributed by atoms with Crippen LogP contribution in [0.5, 0.6) is 0 Å². The number of anilines is 1. The number of nitrogens with one attached hydrogen (secondary N) is 1. The average Bonchev–Trinajstić information content (AvgIpc) is 2.42. The van der Waals surface area contributed by atoms with Gasteiger partial charge < -0.3 is 5.32 Å². The molecule has 0 heterocycles. The van der Waals surface area contributed by atoms with Crippen molar-refractivity contribution in [2.75, 3.05) is 17.6 Å². The fourth-order valence-corrected chi connectivity index (χ4v) is 2.99. The highest BCUT2D eigenvalue weighted by atomic mass is 79.9. The molecule has 2 aromatic carbocycles. The molecule has 100 valence electrons. The van der Waals surface area contributed by atoms with Crippen molar-refractivity contribution >= 4 is 33.4 Å². The van der Waals surface area contributed by atoms with Gasteiger partial charge in [0.1, 0.15) is 0 Å². The maximum absolute atomic E-state index is 3.44. The van der Waals surface area contributed by atoms with Crippen LogP contribution < -0.4 is 5.32 Å². The first-order valence-electron chi connectivity index (χ1n) is 6.37. The van der Waals surface area contributed by atoms with Crippen molar-refractivity contribution in [2.24, 2.45) is 0 Å². The molecule has 0 aliphatic rings. The van der Waals surface area contributed by atoms with Gasteiger partial charge in [0.2, 0.25) is 0 Å². The monoisotopic (exact) mass is 335 g/mol. The molecule has 0 spiro atoms. The second-order valence-corrected chi connectivity index (χ2v) is 6.43. The Balaban J connectivity index is 1.67. The Morgan fingerprint density at radius 2 is 1.79 bits per heavy atom. The van der Waals surface area contributed by atoms with Crippen LogP contribution in [0.15, 0.2) is 53.0 Å². The van der Waals surface area contributed by atoms with Gasteiger partial charge >= 0.3 is 0 Å². The molecule has 0 unspecified atom stereocenters. The summed E-state index contributed by atoms with van der Waals surface area (Å²) in [6.07, 6.45) is 0. The predicted molar refractivity (Wildman–Crippen MR) is 90.0 cm³/mol. The standard InChI is InChI=1S/C16H18BrNS/c1-13-4-2-3-5-14(13)12-19-11-10-18-16-8-6-15(17)7-9-16/h2-9,18H,10-12H2,1H3. The van der Waals surface area contributed by atoms with Crippen LogP contribution in [-0.4, -0.2) is 12.3 Å². The van der Waals surface area contributed by atoms with Gasteiger partial charge in [0, 0.05) is 28.2 Å². The summed E-state index contributed by atoms with van der Waals surface area (Å²) >= 11 is 5.41. The van der Waals surface area contributed by atoms with Crippen LogP contribution in [0.3, 0.4) is 0 Å². The van der Waals surface area contributed by atoms with Crippen molar-refractivity contribution in [3.05, 3.63) is 64.1 Å². The Morgan fingerprint density at radius 3 is 2.53 bits per heavy atom. The lowest BCUT2D eigenvalue weighted by atomic mass is 10.1. The molecule has 0 radical (unpaired) electrons. The third kappa shape index (κ3) is 4.92. The number of hydrogen-bond donors (Lipinski definition) is 1. The van der Waals surface area contributed by atoms with Crippen LogP contribution in [0.4, 0.5) is 5.69 Å². The molecule has 0 aliphatic carbocycles. The summed E-state index contributed by atoms with van der Waals surface area (Å²) in [5.41, 5.74) is 4.01. The molecule has 3 heteroatoms. The van der Waals surface area contributed by atoms with Crippen LogP contribution in [-0.2, 0) is 5.75 Å². The lowest BCUT2D eigenvalue weighted by Crippen LogP contribution is -2.04. The van der Waals surface area contributed by atoms with E-state index in [0.29, 0.717) is 0 Å². The third-order valence-electron chi connectivity index (χ3n) is 2.94. The van der Waals surface area contributed by atoms with Crippen LogP contribution in [0.2, 0.25) is 0 Å². The molecule has 0 saturated carbocycles. The third-order valence-corrected chi connectivity index (χ3v) is 4.48. The van der Waals surface area contributed by atoms with Crippen LogP contribution in [0.1, 0.15) is 11.1 Å². The van der Waals surface area contributed by atoms with Gasteiger partial charge in [-0.1, -0.05) is 40.2 Å². The molecule has 0 amide bonds. The molecule has 0 atom stereocenters. The van der Waals surface area contributed by atoms with Gasteiger partial charge in [-0.2, -0.15) is 11.8 Å². The minimum Gasteiger partial charge on any atom is -0.384 e. The molecule has 1 nitrogen and oxygen atoms in total. The van der Waals surface area contributed by atoms with Gasteiger partial charge in [-0.15, -0.1) is 0 Å². The van der Waals surface area contributed by atoms with E-state index in [1.54, 1.807) is 0 Å². The summed E-state index contributed by atoms with van der Waals surface area (Å²) in [4.78, 5) is 0. The molecule has 0 aliphatic heterocycles. The summed E-state index contributed by atoms with van der Waals surface area (Å²) in [6.45, 7) is 3.17. The largest absolute Gasteiger partial charge is 0.384 e. The van der Waals surface area contributed by atoms with Crippen molar-refractivity contribution in [1.82, 2.24) is 0 Å². The Bertz CT molecular complexity index is 510. The molecule has 2 aromatic rings. The number of thioether (sulfide) groups is 1. The topological polar surface area (TPSA) is 12.0 Å². The van der Waals surface area contributed by atoms with Crippen LogP contribution >= 0.6 is 27.7 Å². The fraction of sp³-hybridized carbons (Fsp3) is 0.250. The van der Waals surface area contributed by atoms with Crippen molar-refractivity contribution in [1.29, 1.82) is 0 Å². The van der Waals surface area contributed by atoms with Gasteiger partial charge in [-0.25, -0.2) is 0 Å². The Labute approximate surface area is 127 Å². The van der Waals surface area contributed by atoms with Gasteiger partial charge in [0.15, 0.2) is 0 Å². The first kappa shape index (κ1) is 14.5. The fourth-order valence-electron chi connectivity index (χ4n) is 1.79. The highest BCUT2D eigenvalue weighted by Crippen LogP contribution is 2.17. The van der Waals surface area contributed by atoms with Crippen molar-refractivity contribution in [2.45, 2.75) is 12.7 Å². The van der Waals surface area contributed by atoms with E-state index in [1.165, 1.54) is 16.8 Å². The molecule has 2 rings (SSSR count). The van der Waals surface area contributed by atoms with E-state index >= 15 is 0 Å². The van der Waals surface area contributed by atoms with E-state index in [2.05, 4.69) is 76.7 Å². The van der Waals surface area contributed by atoms with E-state index < -0.39 is 0 Å². The highest BCUT2D eigenvalue weighted by molar-refractivity contribution is 9.10.